The average molecular weight is 343 g/mol. The molecule has 0 spiro atoms. The fraction of sp³-hybridized carbons (Fsp3) is 0.429. The van der Waals surface area contributed by atoms with Crippen molar-refractivity contribution in [2.45, 2.75) is 20.3 Å². The molecule has 20 heavy (non-hydrogen) atoms. The van der Waals surface area contributed by atoms with E-state index in [4.69, 9.17) is 4.74 Å². The highest BCUT2D eigenvalue weighted by atomic mass is 79.9. The van der Waals surface area contributed by atoms with Gasteiger partial charge >= 0.3 is 0 Å². The van der Waals surface area contributed by atoms with Crippen molar-refractivity contribution in [1.82, 2.24) is 5.32 Å². The third-order valence-electron chi connectivity index (χ3n) is 2.57. The summed E-state index contributed by atoms with van der Waals surface area (Å²) in [6, 6.07) is 5.64. The lowest BCUT2D eigenvalue weighted by molar-refractivity contribution is -0.125. The van der Waals surface area contributed by atoms with Gasteiger partial charge in [-0.25, -0.2) is 0 Å². The van der Waals surface area contributed by atoms with Crippen LogP contribution in [0.4, 0.5) is 5.69 Å². The predicted molar refractivity (Wildman–Crippen MR) is 81.6 cm³/mol. The van der Waals surface area contributed by atoms with Gasteiger partial charge in [-0.3, -0.25) is 9.59 Å². The maximum atomic E-state index is 11.7. The van der Waals surface area contributed by atoms with Crippen LogP contribution in [-0.2, 0) is 14.3 Å². The van der Waals surface area contributed by atoms with E-state index >= 15 is 0 Å². The molecule has 0 aliphatic carbocycles. The highest BCUT2D eigenvalue weighted by molar-refractivity contribution is 9.10. The third-order valence-corrected chi connectivity index (χ3v) is 3.07. The van der Waals surface area contributed by atoms with Gasteiger partial charge in [-0.15, -0.1) is 0 Å². The van der Waals surface area contributed by atoms with Crippen molar-refractivity contribution in [2.75, 3.05) is 25.1 Å². The summed E-state index contributed by atoms with van der Waals surface area (Å²) in [5.74, 6) is -0.341. The number of aryl methyl sites for hydroxylation is 1. The zero-order valence-corrected chi connectivity index (χ0v) is 13.2. The van der Waals surface area contributed by atoms with Gasteiger partial charge in [0.25, 0.3) is 0 Å². The van der Waals surface area contributed by atoms with Gasteiger partial charge in [0.15, 0.2) is 0 Å². The number of carbonyl (C=O) groups is 2. The Morgan fingerprint density at radius 1 is 1.30 bits per heavy atom. The lowest BCUT2D eigenvalue weighted by Gasteiger charge is -2.09. The number of anilines is 1. The first-order valence-corrected chi connectivity index (χ1v) is 7.22. The van der Waals surface area contributed by atoms with Crippen molar-refractivity contribution < 1.29 is 14.3 Å². The molecule has 0 aliphatic heterocycles. The van der Waals surface area contributed by atoms with Crippen LogP contribution in [0.5, 0.6) is 0 Å². The topological polar surface area (TPSA) is 67.4 Å². The molecule has 1 aromatic rings. The van der Waals surface area contributed by atoms with E-state index in [1.54, 1.807) is 0 Å². The largest absolute Gasteiger partial charge is 0.372 e. The van der Waals surface area contributed by atoms with Crippen LogP contribution in [-0.4, -0.2) is 31.6 Å². The lowest BCUT2D eigenvalue weighted by Crippen LogP contribution is -2.30. The Kier molecular flexibility index (Phi) is 7.25. The number of hydrogen-bond donors (Lipinski definition) is 2. The van der Waals surface area contributed by atoms with Gasteiger partial charge in [-0.05, 0) is 37.6 Å². The van der Waals surface area contributed by atoms with Gasteiger partial charge in [-0.1, -0.05) is 15.9 Å². The summed E-state index contributed by atoms with van der Waals surface area (Å²) in [4.78, 5) is 23.0. The molecule has 1 rings (SSSR count). The number of rotatable bonds is 7. The van der Waals surface area contributed by atoms with Gasteiger partial charge in [0, 0.05) is 29.7 Å². The van der Waals surface area contributed by atoms with Gasteiger partial charge in [0.1, 0.15) is 6.61 Å². The van der Waals surface area contributed by atoms with Crippen LogP contribution in [0.2, 0.25) is 0 Å². The highest BCUT2D eigenvalue weighted by Crippen LogP contribution is 2.19. The Bertz CT molecular complexity index is 477. The molecule has 0 saturated carbocycles. The molecule has 6 heteroatoms. The quantitative estimate of drug-likeness (QED) is 0.798. The smallest absolute Gasteiger partial charge is 0.246 e. The van der Waals surface area contributed by atoms with E-state index in [0.29, 0.717) is 13.2 Å². The summed E-state index contributed by atoms with van der Waals surface area (Å²) in [5.41, 5.74) is 1.76. The number of benzene rings is 1. The number of ether oxygens (including phenoxy) is 1. The van der Waals surface area contributed by atoms with Crippen molar-refractivity contribution in [1.29, 1.82) is 0 Å². The van der Waals surface area contributed by atoms with Crippen LogP contribution in [0.1, 0.15) is 18.9 Å². The molecule has 0 bridgehead atoms. The summed E-state index contributed by atoms with van der Waals surface area (Å²) in [6.45, 7) is 4.57. The van der Waals surface area contributed by atoms with E-state index in [1.807, 2.05) is 32.0 Å². The van der Waals surface area contributed by atoms with E-state index in [2.05, 4.69) is 26.6 Å². The van der Waals surface area contributed by atoms with Gasteiger partial charge in [-0.2, -0.15) is 0 Å². The molecule has 110 valence electrons. The number of carbonyl (C=O) groups excluding carboxylic acids is 2. The van der Waals surface area contributed by atoms with E-state index in [1.165, 1.54) is 0 Å². The first-order valence-electron chi connectivity index (χ1n) is 6.43. The SMILES string of the molecule is CCOCC(=O)NCCC(=O)Nc1ccc(Br)cc1C. The Hall–Kier alpha value is -1.40. The normalized spacial score (nSPS) is 10.2. The lowest BCUT2D eigenvalue weighted by atomic mass is 10.2. The Morgan fingerprint density at radius 3 is 2.70 bits per heavy atom. The van der Waals surface area contributed by atoms with Crippen molar-refractivity contribution in [3.8, 4) is 0 Å². The van der Waals surface area contributed by atoms with Crippen LogP contribution >= 0.6 is 15.9 Å². The third kappa shape index (κ3) is 6.16. The first-order chi connectivity index (χ1) is 9.52. The van der Waals surface area contributed by atoms with E-state index in [-0.39, 0.29) is 24.8 Å². The van der Waals surface area contributed by atoms with E-state index in [0.717, 1.165) is 15.7 Å². The molecule has 0 radical (unpaired) electrons. The maximum absolute atomic E-state index is 11.7. The van der Waals surface area contributed by atoms with Gasteiger partial charge in [0.2, 0.25) is 11.8 Å². The Balaban J connectivity index is 2.31. The minimum atomic E-state index is -0.209. The molecule has 5 nitrogen and oxygen atoms in total. The summed E-state index contributed by atoms with van der Waals surface area (Å²) in [5, 5.41) is 5.44. The second-order valence-corrected chi connectivity index (χ2v) is 5.16. The number of halogens is 1. The zero-order chi connectivity index (χ0) is 15.0. The molecular formula is C14H19BrN2O3. The van der Waals surface area contributed by atoms with Crippen molar-refractivity contribution in [3.05, 3.63) is 28.2 Å². The number of amides is 2. The fourth-order valence-electron chi connectivity index (χ4n) is 1.54. The van der Waals surface area contributed by atoms with Crippen LogP contribution in [0, 0.1) is 6.92 Å². The van der Waals surface area contributed by atoms with Crippen LogP contribution in [0.3, 0.4) is 0 Å². The predicted octanol–water partition coefficient (Wildman–Crippen LogP) is 2.24. The maximum Gasteiger partial charge on any atom is 0.246 e. The fourth-order valence-corrected chi connectivity index (χ4v) is 2.02. The van der Waals surface area contributed by atoms with E-state index < -0.39 is 0 Å². The minimum absolute atomic E-state index is 0.0317. The first kappa shape index (κ1) is 16.7. The monoisotopic (exact) mass is 342 g/mol. The van der Waals surface area contributed by atoms with E-state index in [9.17, 15) is 9.59 Å². The van der Waals surface area contributed by atoms with Gasteiger partial charge < -0.3 is 15.4 Å². The molecule has 0 fully saturated rings. The molecule has 2 amide bonds. The summed E-state index contributed by atoms with van der Waals surface area (Å²) >= 11 is 3.37. The molecule has 0 unspecified atom stereocenters. The van der Waals surface area contributed by atoms with Crippen molar-refractivity contribution >= 4 is 33.4 Å². The molecule has 0 aliphatic rings. The second-order valence-electron chi connectivity index (χ2n) is 4.24. The van der Waals surface area contributed by atoms with Gasteiger partial charge in [0.05, 0.1) is 0 Å². The Labute approximate surface area is 127 Å². The summed E-state index contributed by atoms with van der Waals surface area (Å²) in [7, 11) is 0. The summed E-state index contributed by atoms with van der Waals surface area (Å²) < 4.78 is 5.93. The van der Waals surface area contributed by atoms with Crippen LogP contribution < -0.4 is 10.6 Å². The molecule has 0 saturated heterocycles. The van der Waals surface area contributed by atoms with Crippen LogP contribution in [0.25, 0.3) is 0 Å². The average Bonchev–Trinajstić information content (AvgIpc) is 2.39. The van der Waals surface area contributed by atoms with Crippen molar-refractivity contribution in [3.63, 3.8) is 0 Å². The summed E-state index contributed by atoms with van der Waals surface area (Å²) in [6.07, 6.45) is 0.230. The standard InChI is InChI=1S/C14H19BrN2O3/c1-3-20-9-14(19)16-7-6-13(18)17-12-5-4-11(15)8-10(12)2/h4-5,8H,3,6-7,9H2,1-2H3,(H,16,19)(H,17,18). The van der Waals surface area contributed by atoms with Crippen molar-refractivity contribution in [2.24, 2.45) is 0 Å². The molecular weight excluding hydrogens is 324 g/mol. The molecule has 1 aromatic carbocycles. The molecule has 0 atom stereocenters. The highest BCUT2D eigenvalue weighted by Gasteiger charge is 2.06. The molecule has 0 aromatic heterocycles. The Morgan fingerprint density at radius 2 is 2.05 bits per heavy atom. The number of nitrogens with one attached hydrogen (secondary N) is 2. The molecule has 0 heterocycles. The van der Waals surface area contributed by atoms with Crippen LogP contribution in [0.15, 0.2) is 22.7 Å². The molecule has 2 N–H and O–H groups in total. The zero-order valence-electron chi connectivity index (χ0n) is 11.7. The second kappa shape index (κ2) is 8.71. The minimum Gasteiger partial charge on any atom is -0.372 e. The number of hydrogen-bond acceptors (Lipinski definition) is 3.